The van der Waals surface area contributed by atoms with Crippen LogP contribution in [-0.2, 0) is 5.41 Å². The van der Waals surface area contributed by atoms with Crippen molar-refractivity contribution in [3.63, 3.8) is 0 Å². The average Bonchev–Trinajstić information content (AvgIpc) is 4.15. The van der Waals surface area contributed by atoms with E-state index >= 15 is 0 Å². The number of rotatable bonds is 10. The Balaban J connectivity index is 1.02. The summed E-state index contributed by atoms with van der Waals surface area (Å²) in [5.74, 6) is 0.624. The van der Waals surface area contributed by atoms with Gasteiger partial charge in [-0.1, -0.05) is 185 Å². The van der Waals surface area contributed by atoms with E-state index in [1.54, 1.807) is 0 Å². The number of para-hydroxylation sites is 2. The monoisotopic (exact) mass is 951 g/mol. The van der Waals surface area contributed by atoms with Crippen molar-refractivity contribution < 1.29 is 4.42 Å². The zero-order valence-corrected chi connectivity index (χ0v) is 42.0. The predicted molar refractivity (Wildman–Crippen MR) is 316 cm³/mol. The van der Waals surface area contributed by atoms with Crippen molar-refractivity contribution in [2.75, 3.05) is 0 Å². The number of aliphatic imine (C=N–C) groups is 1. The number of allylic oxidation sites excluding steroid dienone is 7. The smallest absolute Gasteiger partial charge is 0.136 e. The lowest BCUT2D eigenvalue weighted by atomic mass is 9.82. The first-order chi connectivity index (χ1) is 36.2. The summed E-state index contributed by atoms with van der Waals surface area (Å²) in [5, 5.41) is 6.86. The molecule has 74 heavy (non-hydrogen) atoms. The van der Waals surface area contributed by atoms with Crippen molar-refractivity contribution in [2.45, 2.75) is 33.1 Å². The Labute approximate surface area is 431 Å². The Bertz CT molecular complexity index is 4440. The van der Waals surface area contributed by atoms with Gasteiger partial charge in [0.1, 0.15) is 17.0 Å². The lowest BCUT2D eigenvalue weighted by molar-refractivity contribution is 0.660. The molecule has 0 unspecified atom stereocenters. The fourth-order valence-corrected chi connectivity index (χ4v) is 11.9. The molecule has 0 saturated heterocycles. The molecule has 0 N–H and O–H groups in total. The zero-order chi connectivity index (χ0) is 50.2. The summed E-state index contributed by atoms with van der Waals surface area (Å²) in [6.45, 7) is 17.7. The van der Waals surface area contributed by atoms with Crippen LogP contribution in [-0.4, -0.2) is 14.8 Å². The first-order valence-corrected chi connectivity index (χ1v) is 25.5. The first kappa shape index (κ1) is 44.7. The summed E-state index contributed by atoms with van der Waals surface area (Å²) in [6, 6.07) is 70.0. The van der Waals surface area contributed by atoms with E-state index in [0.717, 1.165) is 105 Å². The van der Waals surface area contributed by atoms with Crippen LogP contribution in [0.5, 0.6) is 0 Å². The molecule has 0 aliphatic heterocycles. The van der Waals surface area contributed by atoms with E-state index in [2.05, 4.69) is 244 Å². The van der Waals surface area contributed by atoms with Gasteiger partial charge in [-0.05, 0) is 136 Å². The van der Waals surface area contributed by atoms with E-state index in [-0.39, 0.29) is 5.41 Å². The van der Waals surface area contributed by atoms with Crippen LogP contribution in [0.1, 0.15) is 49.9 Å². The Morgan fingerprint density at radius 2 is 1.11 bits per heavy atom. The maximum Gasteiger partial charge on any atom is 0.136 e. The number of fused-ring (bicyclic) bond motifs is 12. The summed E-state index contributed by atoms with van der Waals surface area (Å²) < 4.78 is 11.0. The van der Waals surface area contributed by atoms with E-state index in [9.17, 15) is 0 Å². The van der Waals surface area contributed by atoms with Gasteiger partial charge in [0, 0.05) is 49.0 Å². The highest BCUT2D eigenvalue weighted by Gasteiger charge is 2.37. The van der Waals surface area contributed by atoms with Crippen LogP contribution in [0.2, 0.25) is 0 Å². The molecule has 1 aliphatic carbocycles. The molecule has 4 nitrogen and oxygen atoms in total. The lowest BCUT2D eigenvalue weighted by Crippen LogP contribution is -2.15. The average molecular weight is 952 g/mol. The summed E-state index contributed by atoms with van der Waals surface area (Å²) >= 11 is 0. The van der Waals surface area contributed by atoms with Crippen molar-refractivity contribution in [2.24, 2.45) is 4.99 Å². The normalized spacial score (nSPS) is 13.8. The molecule has 1 aliphatic rings. The lowest BCUT2D eigenvalue weighted by Gasteiger charge is -2.21. The van der Waals surface area contributed by atoms with Crippen molar-refractivity contribution >= 4 is 88.4 Å². The second-order valence-corrected chi connectivity index (χ2v) is 20.0. The van der Waals surface area contributed by atoms with Gasteiger partial charge >= 0.3 is 0 Å². The molecule has 0 radical (unpaired) electrons. The Kier molecular flexibility index (Phi) is 10.6. The van der Waals surface area contributed by atoms with Gasteiger partial charge in [-0.2, -0.15) is 0 Å². The SMILES string of the molecule is C=C/C=C\C(=C/C)n1c2ccccc2c2cc(-c3ccc4c(c3)c3cc(-c5ccccc5)ccc3n4C(=C)/N=C(\C=C(/C)c3cccc4oc5ccccc5c34)c3cccc4c3-c3ccccc3C4(C)C)ccc21. The Hall–Kier alpha value is -9.25. The van der Waals surface area contributed by atoms with Gasteiger partial charge in [-0.3, -0.25) is 4.57 Å². The van der Waals surface area contributed by atoms with Crippen LogP contribution in [0.15, 0.2) is 247 Å². The third-order valence-corrected chi connectivity index (χ3v) is 15.4. The van der Waals surface area contributed by atoms with Gasteiger partial charge in [-0.25, -0.2) is 4.99 Å². The summed E-state index contributed by atoms with van der Waals surface area (Å²) in [5.41, 5.74) is 20.8. The van der Waals surface area contributed by atoms with Gasteiger partial charge < -0.3 is 8.98 Å². The first-order valence-electron chi connectivity index (χ1n) is 25.5. The minimum Gasteiger partial charge on any atom is -0.456 e. The molecule has 13 rings (SSSR count). The van der Waals surface area contributed by atoms with E-state index in [4.69, 9.17) is 16.0 Å². The molecule has 0 atom stereocenters. The van der Waals surface area contributed by atoms with Gasteiger partial charge in [0.25, 0.3) is 0 Å². The van der Waals surface area contributed by atoms with E-state index in [1.807, 2.05) is 24.3 Å². The third kappa shape index (κ3) is 7.01. The number of benzene rings is 9. The van der Waals surface area contributed by atoms with Gasteiger partial charge in [-0.15, -0.1) is 0 Å². The number of aromatic nitrogens is 2. The molecule has 4 heteroatoms. The third-order valence-electron chi connectivity index (χ3n) is 15.4. The van der Waals surface area contributed by atoms with Crippen LogP contribution in [0.25, 0.3) is 116 Å². The molecule has 3 heterocycles. The van der Waals surface area contributed by atoms with Crippen LogP contribution < -0.4 is 0 Å². The zero-order valence-electron chi connectivity index (χ0n) is 42.0. The Morgan fingerprint density at radius 3 is 1.84 bits per heavy atom. The van der Waals surface area contributed by atoms with E-state index in [1.165, 1.54) is 33.0 Å². The molecule has 0 spiro atoms. The number of hydrogen-bond donors (Lipinski definition) is 0. The molecule has 0 fully saturated rings. The number of hydrogen-bond acceptors (Lipinski definition) is 2. The number of nitrogens with zero attached hydrogens (tertiary/aromatic N) is 3. The largest absolute Gasteiger partial charge is 0.456 e. The quantitative estimate of drug-likeness (QED) is 0.0994. The fraction of sp³-hybridized carbons (Fsp3) is 0.0714. The molecule has 9 aromatic carbocycles. The number of furan rings is 1. The summed E-state index contributed by atoms with van der Waals surface area (Å²) in [7, 11) is 0. The second kappa shape index (κ2) is 17.5. The van der Waals surface area contributed by atoms with Crippen LogP contribution in [0, 0.1) is 0 Å². The van der Waals surface area contributed by atoms with Gasteiger partial charge in [0.2, 0.25) is 0 Å². The maximum absolute atomic E-state index is 6.40. The second-order valence-electron chi connectivity index (χ2n) is 20.0. The van der Waals surface area contributed by atoms with Gasteiger partial charge in [0.05, 0.1) is 27.8 Å². The standard InChI is InChI=1S/C70H53N3O/c1-7-9-23-50(8-2)73-62-31-17-14-24-52(62)56-42-48(36-39-65(56)73)49-35-38-64-58(43-49)57-41-47(46-21-11-10-12-22-46)34-37-63(57)72(64)45(4)71-61(54-28-19-30-60-68(54)53-25-13-16-29-59(53)70(60,5)6)40-44(3)51-27-20-33-67-69(51)55-26-15-18-32-66(55)74-67/h7-43H,1,4H2,2-3,5-6H3/b23-9-,44-40+,50-8+,71-61+. The summed E-state index contributed by atoms with van der Waals surface area (Å²) in [6.07, 6.45) is 10.3. The van der Waals surface area contributed by atoms with E-state index < -0.39 is 0 Å². The van der Waals surface area contributed by atoms with Crippen LogP contribution in [0.4, 0.5) is 0 Å². The molecular formula is C70H53N3O. The van der Waals surface area contributed by atoms with Crippen LogP contribution in [0.3, 0.4) is 0 Å². The molecule has 0 saturated carbocycles. The minimum atomic E-state index is -0.190. The Morgan fingerprint density at radius 1 is 0.541 bits per heavy atom. The van der Waals surface area contributed by atoms with E-state index in [0.29, 0.717) is 5.82 Å². The van der Waals surface area contributed by atoms with Crippen molar-refractivity contribution in [1.82, 2.24) is 9.13 Å². The highest BCUT2D eigenvalue weighted by atomic mass is 16.3. The molecule has 0 amide bonds. The maximum atomic E-state index is 6.40. The fourth-order valence-electron chi connectivity index (χ4n) is 11.9. The van der Waals surface area contributed by atoms with Crippen molar-refractivity contribution in [3.05, 3.63) is 260 Å². The molecular weight excluding hydrogens is 899 g/mol. The van der Waals surface area contributed by atoms with Crippen molar-refractivity contribution in [3.8, 4) is 33.4 Å². The summed E-state index contributed by atoms with van der Waals surface area (Å²) in [4.78, 5) is 5.72. The topological polar surface area (TPSA) is 35.4 Å². The molecule has 354 valence electrons. The molecule has 12 aromatic rings. The minimum absolute atomic E-state index is 0.190. The predicted octanol–water partition coefficient (Wildman–Crippen LogP) is 19.1. The molecule has 3 aromatic heterocycles. The highest BCUT2D eigenvalue weighted by Crippen LogP contribution is 2.50. The molecule has 0 bridgehead atoms. The highest BCUT2D eigenvalue weighted by molar-refractivity contribution is 6.21. The van der Waals surface area contributed by atoms with Crippen LogP contribution >= 0.6 is 0 Å². The van der Waals surface area contributed by atoms with Crippen molar-refractivity contribution in [1.29, 1.82) is 0 Å². The van der Waals surface area contributed by atoms with Gasteiger partial charge in [0.15, 0.2) is 0 Å².